The highest BCUT2D eigenvalue weighted by atomic mass is 35.5. The van der Waals surface area contributed by atoms with E-state index in [9.17, 15) is 18.0 Å². The predicted octanol–water partition coefficient (Wildman–Crippen LogP) is 7.36. The molecule has 0 saturated heterocycles. The smallest absolute Gasteiger partial charge is 0.264 e. The van der Waals surface area contributed by atoms with Crippen LogP contribution in [-0.4, -0.2) is 43.8 Å². The molecule has 0 radical (unpaired) electrons. The monoisotopic (exact) mass is 679 g/mol. The molecule has 46 heavy (non-hydrogen) atoms. The number of anilines is 1. The molecule has 0 aliphatic heterocycles. The van der Waals surface area contributed by atoms with Crippen LogP contribution in [0.25, 0.3) is 0 Å². The molecule has 0 spiro atoms. The van der Waals surface area contributed by atoms with Crippen molar-refractivity contribution in [1.82, 2.24) is 10.2 Å². The fourth-order valence-electron chi connectivity index (χ4n) is 5.05. The second kappa shape index (κ2) is 15.6. The van der Waals surface area contributed by atoms with Crippen LogP contribution >= 0.6 is 23.2 Å². The lowest BCUT2D eigenvalue weighted by molar-refractivity contribution is -0.140. The third-order valence-electron chi connectivity index (χ3n) is 7.73. The molecule has 2 amide bonds. The Hall–Kier alpha value is -3.85. The summed E-state index contributed by atoms with van der Waals surface area (Å²) in [4.78, 5) is 30.0. The van der Waals surface area contributed by atoms with Crippen LogP contribution in [0.1, 0.15) is 42.5 Å². The van der Waals surface area contributed by atoms with E-state index in [1.54, 1.807) is 12.1 Å². The molecule has 1 N–H and O–H groups in total. The summed E-state index contributed by atoms with van der Waals surface area (Å²) in [7, 11) is -4.27. The van der Waals surface area contributed by atoms with E-state index < -0.39 is 28.5 Å². The first-order valence-electron chi connectivity index (χ1n) is 15.1. The van der Waals surface area contributed by atoms with E-state index >= 15 is 0 Å². The van der Waals surface area contributed by atoms with E-state index in [0.717, 1.165) is 26.6 Å². The maximum atomic E-state index is 14.6. The number of amides is 2. The number of rotatable bonds is 13. The number of sulfonamides is 1. The van der Waals surface area contributed by atoms with Crippen molar-refractivity contribution in [3.8, 4) is 0 Å². The predicted molar refractivity (Wildman–Crippen MR) is 186 cm³/mol. The number of nitrogens with zero attached hydrogens (tertiary/aromatic N) is 2. The van der Waals surface area contributed by atoms with Crippen molar-refractivity contribution in [2.75, 3.05) is 10.8 Å². The van der Waals surface area contributed by atoms with Gasteiger partial charge in [-0.25, -0.2) is 8.42 Å². The number of carbonyl (C=O) groups is 2. The minimum absolute atomic E-state index is 0.00239. The summed E-state index contributed by atoms with van der Waals surface area (Å²) >= 11 is 12.6. The van der Waals surface area contributed by atoms with Gasteiger partial charge in [0.2, 0.25) is 11.8 Å². The lowest BCUT2D eigenvalue weighted by Crippen LogP contribution is -2.54. The zero-order valence-electron chi connectivity index (χ0n) is 26.4. The van der Waals surface area contributed by atoms with Gasteiger partial charge in [-0.2, -0.15) is 0 Å². The molecule has 0 saturated carbocycles. The molecule has 4 aromatic rings. The third kappa shape index (κ3) is 9.12. The van der Waals surface area contributed by atoms with Crippen LogP contribution in [0.5, 0.6) is 0 Å². The van der Waals surface area contributed by atoms with Crippen molar-refractivity contribution in [1.29, 1.82) is 0 Å². The highest BCUT2D eigenvalue weighted by Crippen LogP contribution is 2.30. The molecule has 0 unspecified atom stereocenters. The molecular weight excluding hydrogens is 641 g/mol. The van der Waals surface area contributed by atoms with E-state index in [0.29, 0.717) is 6.42 Å². The Kier molecular flexibility index (Phi) is 11.9. The normalized spacial score (nSPS) is 12.7. The highest BCUT2D eigenvalue weighted by Gasteiger charge is 2.35. The molecular formula is C36H39Cl2N3O4S. The SMILES string of the molecule is CC[C@H](C)NC(=O)[C@H](Cc1ccccc1)N(Cc1cccc(C)c1)C(=O)CN(c1cc(Cl)cc(Cl)c1)S(=O)(=O)c1ccc(C)cc1. The molecule has 0 aliphatic carbocycles. The van der Waals surface area contributed by atoms with Crippen LogP contribution < -0.4 is 9.62 Å². The molecule has 2 atom stereocenters. The van der Waals surface area contributed by atoms with Gasteiger partial charge in [0.1, 0.15) is 12.6 Å². The van der Waals surface area contributed by atoms with Crippen molar-refractivity contribution in [3.05, 3.63) is 129 Å². The minimum atomic E-state index is -4.27. The standard InChI is InChI=1S/C36H39Cl2N3O4S/c1-5-27(4)39-36(43)34(19-28-11-7-6-8-12-28)40(23-29-13-9-10-26(3)18-29)35(42)24-41(32-21-30(37)20-31(38)22-32)46(44,45)33-16-14-25(2)15-17-33/h6-18,20-22,27,34H,5,19,23-24H2,1-4H3,(H,39,43)/t27-,34-/m0/s1. The summed E-state index contributed by atoms with van der Waals surface area (Å²) in [5.41, 5.74) is 3.67. The Morgan fingerprint density at radius 2 is 1.43 bits per heavy atom. The number of carbonyl (C=O) groups excluding carboxylic acids is 2. The maximum Gasteiger partial charge on any atom is 0.264 e. The van der Waals surface area contributed by atoms with Gasteiger partial charge >= 0.3 is 0 Å². The summed E-state index contributed by atoms with van der Waals surface area (Å²) in [6.45, 7) is 7.17. The summed E-state index contributed by atoms with van der Waals surface area (Å²) in [6.07, 6.45) is 0.933. The number of nitrogens with one attached hydrogen (secondary N) is 1. The molecule has 7 nitrogen and oxygen atoms in total. The van der Waals surface area contributed by atoms with Gasteiger partial charge < -0.3 is 10.2 Å². The lowest BCUT2D eigenvalue weighted by atomic mass is 10.0. The minimum Gasteiger partial charge on any atom is -0.352 e. The van der Waals surface area contributed by atoms with Crippen LogP contribution in [0, 0.1) is 13.8 Å². The fourth-order valence-corrected chi connectivity index (χ4v) is 6.96. The molecule has 242 valence electrons. The van der Waals surface area contributed by atoms with Gasteiger partial charge in [0.05, 0.1) is 10.6 Å². The van der Waals surface area contributed by atoms with Crippen LogP contribution in [0.3, 0.4) is 0 Å². The quantitative estimate of drug-likeness (QED) is 0.160. The topological polar surface area (TPSA) is 86.8 Å². The first kappa shape index (κ1) is 35.0. The number of benzene rings is 4. The lowest BCUT2D eigenvalue weighted by Gasteiger charge is -2.34. The van der Waals surface area contributed by atoms with Crippen molar-refractivity contribution in [3.63, 3.8) is 0 Å². The summed E-state index contributed by atoms with van der Waals surface area (Å²) in [6, 6.07) is 26.8. The summed E-state index contributed by atoms with van der Waals surface area (Å²) in [5.74, 6) is -0.883. The summed E-state index contributed by atoms with van der Waals surface area (Å²) < 4.78 is 29.4. The van der Waals surface area contributed by atoms with Gasteiger partial charge in [-0.05, 0) is 68.7 Å². The zero-order valence-corrected chi connectivity index (χ0v) is 28.7. The van der Waals surface area contributed by atoms with Crippen molar-refractivity contribution in [2.45, 2.75) is 64.1 Å². The molecule has 0 aromatic heterocycles. The molecule has 4 aromatic carbocycles. The van der Waals surface area contributed by atoms with Gasteiger partial charge in [-0.15, -0.1) is 0 Å². The Morgan fingerprint density at radius 1 is 0.804 bits per heavy atom. The first-order chi connectivity index (χ1) is 21.9. The van der Waals surface area contributed by atoms with E-state index in [-0.39, 0.29) is 45.5 Å². The Labute approximate surface area is 282 Å². The van der Waals surface area contributed by atoms with E-state index in [1.807, 2.05) is 82.3 Å². The molecule has 0 fully saturated rings. The first-order valence-corrected chi connectivity index (χ1v) is 17.3. The maximum absolute atomic E-state index is 14.6. The molecule has 10 heteroatoms. The van der Waals surface area contributed by atoms with Crippen LogP contribution in [0.2, 0.25) is 10.0 Å². The molecule has 4 rings (SSSR count). The molecule has 0 aliphatic rings. The van der Waals surface area contributed by atoms with E-state index in [4.69, 9.17) is 23.2 Å². The second-order valence-corrected chi connectivity index (χ2v) is 14.2. The van der Waals surface area contributed by atoms with Crippen LogP contribution in [0.15, 0.2) is 102 Å². The summed E-state index contributed by atoms with van der Waals surface area (Å²) in [5, 5.41) is 3.47. The van der Waals surface area contributed by atoms with Crippen LogP contribution in [-0.2, 0) is 32.6 Å². The highest BCUT2D eigenvalue weighted by molar-refractivity contribution is 7.92. The Bertz CT molecular complexity index is 1750. The van der Waals surface area contributed by atoms with Crippen molar-refractivity contribution >= 4 is 50.7 Å². The van der Waals surface area contributed by atoms with Crippen LogP contribution in [0.4, 0.5) is 5.69 Å². The zero-order chi connectivity index (χ0) is 33.4. The van der Waals surface area contributed by atoms with Gasteiger partial charge in [0.25, 0.3) is 10.0 Å². The van der Waals surface area contributed by atoms with Gasteiger partial charge in [0, 0.05) is 29.1 Å². The fraction of sp³-hybridized carbons (Fsp3) is 0.278. The average molecular weight is 681 g/mol. The largest absolute Gasteiger partial charge is 0.352 e. The second-order valence-electron chi connectivity index (χ2n) is 11.5. The number of hydrogen-bond donors (Lipinski definition) is 1. The van der Waals surface area contributed by atoms with Gasteiger partial charge in [-0.1, -0.05) is 108 Å². The van der Waals surface area contributed by atoms with E-state index in [2.05, 4.69) is 5.32 Å². The Balaban J connectivity index is 1.83. The number of aryl methyl sites for hydroxylation is 2. The Morgan fingerprint density at radius 3 is 2.04 bits per heavy atom. The van der Waals surface area contributed by atoms with Gasteiger partial charge in [0.15, 0.2) is 0 Å². The average Bonchev–Trinajstić information content (AvgIpc) is 3.01. The van der Waals surface area contributed by atoms with Crippen molar-refractivity contribution < 1.29 is 18.0 Å². The van der Waals surface area contributed by atoms with Crippen molar-refractivity contribution in [2.24, 2.45) is 0 Å². The van der Waals surface area contributed by atoms with E-state index in [1.165, 1.54) is 35.2 Å². The third-order valence-corrected chi connectivity index (χ3v) is 9.96. The van der Waals surface area contributed by atoms with Gasteiger partial charge in [-0.3, -0.25) is 13.9 Å². The number of halogens is 2. The molecule has 0 heterocycles. The number of hydrogen-bond acceptors (Lipinski definition) is 4. The molecule has 0 bridgehead atoms.